The first kappa shape index (κ1) is 17.2. The van der Waals surface area contributed by atoms with Gasteiger partial charge in [0.25, 0.3) is 10.1 Å². The molecule has 0 aromatic heterocycles. The zero-order valence-electron chi connectivity index (χ0n) is 13.7. The molecule has 0 heterocycles. The summed E-state index contributed by atoms with van der Waals surface area (Å²) in [5, 5.41) is 10.4. The van der Waals surface area contributed by atoms with Crippen LogP contribution in [0.3, 0.4) is 0 Å². The van der Waals surface area contributed by atoms with E-state index < -0.39 is 10.1 Å². The molecule has 0 fully saturated rings. The highest BCUT2D eigenvalue weighted by molar-refractivity contribution is 7.86. The molecular weight excluding hydrogens is 336 g/mol. The van der Waals surface area contributed by atoms with Crippen LogP contribution in [0, 0.1) is 6.92 Å². The predicted molar refractivity (Wildman–Crippen MR) is 97.3 cm³/mol. The Balaban J connectivity index is 2.29. The molecule has 2 N–H and O–H groups in total. The van der Waals surface area contributed by atoms with Gasteiger partial charge in [0.1, 0.15) is 10.6 Å². The van der Waals surface area contributed by atoms with Gasteiger partial charge in [-0.1, -0.05) is 54.6 Å². The van der Waals surface area contributed by atoms with Crippen molar-refractivity contribution in [3.63, 3.8) is 0 Å². The monoisotopic (exact) mass is 354 g/mol. The Bertz CT molecular complexity index is 1010. The highest BCUT2D eigenvalue weighted by Crippen LogP contribution is 2.37. The molecule has 0 amide bonds. The van der Waals surface area contributed by atoms with Crippen LogP contribution in [-0.2, 0) is 16.5 Å². The quantitative estimate of drug-likeness (QED) is 0.689. The summed E-state index contributed by atoms with van der Waals surface area (Å²) in [5.74, 6) is -0.00509. The number of hydrogen-bond donors (Lipinski definition) is 2. The van der Waals surface area contributed by atoms with E-state index in [0.717, 1.165) is 11.1 Å². The van der Waals surface area contributed by atoms with Gasteiger partial charge in [-0.2, -0.15) is 8.42 Å². The largest absolute Gasteiger partial charge is 0.508 e. The maximum atomic E-state index is 11.9. The number of benzene rings is 3. The Morgan fingerprint density at radius 1 is 0.880 bits per heavy atom. The molecular formula is C20H18O4S. The summed E-state index contributed by atoms with van der Waals surface area (Å²) >= 11 is 0. The average Bonchev–Trinajstić information content (AvgIpc) is 2.58. The molecule has 3 rings (SSSR count). The minimum absolute atomic E-state index is 0.00509. The first-order valence-corrected chi connectivity index (χ1v) is 9.24. The Hall–Kier alpha value is -2.63. The molecule has 4 nitrogen and oxygen atoms in total. The van der Waals surface area contributed by atoms with E-state index in [4.69, 9.17) is 0 Å². The predicted octanol–water partition coefficient (Wildman–Crippen LogP) is 4.21. The van der Waals surface area contributed by atoms with Gasteiger partial charge < -0.3 is 5.11 Å². The van der Waals surface area contributed by atoms with E-state index in [9.17, 15) is 18.1 Å². The maximum Gasteiger partial charge on any atom is 0.295 e. The smallest absolute Gasteiger partial charge is 0.295 e. The Morgan fingerprint density at radius 2 is 1.52 bits per heavy atom. The molecule has 5 heteroatoms. The highest BCUT2D eigenvalue weighted by Gasteiger charge is 2.22. The molecule has 0 atom stereocenters. The van der Waals surface area contributed by atoms with Crippen LogP contribution in [0.15, 0.2) is 71.6 Å². The van der Waals surface area contributed by atoms with Crippen molar-refractivity contribution >= 4 is 10.1 Å². The summed E-state index contributed by atoms with van der Waals surface area (Å²) in [4.78, 5) is -0.208. The van der Waals surface area contributed by atoms with Crippen LogP contribution in [0.2, 0.25) is 0 Å². The van der Waals surface area contributed by atoms with Crippen molar-refractivity contribution in [1.29, 1.82) is 0 Å². The minimum Gasteiger partial charge on any atom is -0.508 e. The number of hydrogen-bond acceptors (Lipinski definition) is 3. The van der Waals surface area contributed by atoms with Crippen LogP contribution in [-0.4, -0.2) is 18.1 Å². The number of aromatic hydroxyl groups is 1. The van der Waals surface area contributed by atoms with E-state index in [1.54, 1.807) is 24.3 Å². The first-order valence-electron chi connectivity index (χ1n) is 7.80. The Labute approximate surface area is 147 Å². The molecule has 0 bridgehead atoms. The van der Waals surface area contributed by atoms with Crippen molar-refractivity contribution in [2.75, 3.05) is 0 Å². The third-order valence-electron chi connectivity index (χ3n) is 4.22. The summed E-state index contributed by atoms with van der Waals surface area (Å²) in [7, 11) is -4.43. The number of rotatable bonds is 4. The zero-order chi connectivity index (χ0) is 18.0. The molecule has 128 valence electrons. The van der Waals surface area contributed by atoms with Crippen molar-refractivity contribution in [3.8, 4) is 16.9 Å². The summed E-state index contributed by atoms with van der Waals surface area (Å²) < 4.78 is 33.4. The van der Waals surface area contributed by atoms with Crippen molar-refractivity contribution in [3.05, 3.63) is 83.4 Å². The number of aryl methyl sites for hydroxylation is 1. The molecule has 0 aliphatic heterocycles. The van der Waals surface area contributed by atoms with E-state index in [-0.39, 0.29) is 10.6 Å². The van der Waals surface area contributed by atoms with Gasteiger partial charge in [-0.25, -0.2) is 0 Å². The summed E-state index contributed by atoms with van der Waals surface area (Å²) in [6, 6.07) is 19.1. The third kappa shape index (κ3) is 3.57. The van der Waals surface area contributed by atoms with Gasteiger partial charge in [0.2, 0.25) is 0 Å². The van der Waals surface area contributed by atoms with Gasteiger partial charge in [-0.15, -0.1) is 0 Å². The van der Waals surface area contributed by atoms with Gasteiger partial charge in [0.05, 0.1) is 0 Å². The van der Waals surface area contributed by atoms with Crippen LogP contribution >= 0.6 is 0 Å². The Kier molecular flexibility index (Phi) is 4.61. The van der Waals surface area contributed by atoms with E-state index in [1.165, 1.54) is 12.1 Å². The second-order valence-corrected chi connectivity index (χ2v) is 7.27. The fraction of sp³-hybridized carbons (Fsp3) is 0.100. The molecule has 0 saturated heterocycles. The fourth-order valence-corrected chi connectivity index (χ4v) is 3.67. The van der Waals surface area contributed by atoms with Gasteiger partial charge in [0.15, 0.2) is 0 Å². The van der Waals surface area contributed by atoms with Crippen molar-refractivity contribution in [1.82, 2.24) is 0 Å². The molecule has 0 radical (unpaired) electrons. The van der Waals surface area contributed by atoms with E-state index in [0.29, 0.717) is 23.1 Å². The maximum absolute atomic E-state index is 11.9. The lowest BCUT2D eigenvalue weighted by Gasteiger charge is -2.16. The van der Waals surface area contributed by atoms with E-state index in [2.05, 4.69) is 0 Å². The molecule has 0 aliphatic carbocycles. The average molecular weight is 354 g/mol. The molecule has 0 aliphatic rings. The number of phenolic OH excluding ortho intramolecular Hbond substituents is 1. The summed E-state index contributed by atoms with van der Waals surface area (Å²) in [5.41, 5.74) is 3.43. The van der Waals surface area contributed by atoms with Crippen molar-refractivity contribution < 1.29 is 18.1 Å². The molecule has 0 spiro atoms. The van der Waals surface area contributed by atoms with Crippen molar-refractivity contribution in [2.45, 2.75) is 18.2 Å². The van der Waals surface area contributed by atoms with Crippen molar-refractivity contribution in [2.24, 2.45) is 0 Å². The molecule has 25 heavy (non-hydrogen) atoms. The third-order valence-corrected chi connectivity index (χ3v) is 5.11. The fourth-order valence-electron chi connectivity index (χ4n) is 2.93. The molecule has 3 aromatic rings. The van der Waals surface area contributed by atoms with Gasteiger partial charge in [-0.3, -0.25) is 4.55 Å². The first-order chi connectivity index (χ1) is 11.9. The minimum atomic E-state index is -4.43. The van der Waals surface area contributed by atoms with Gasteiger partial charge in [-0.05, 0) is 35.7 Å². The second kappa shape index (κ2) is 6.70. The standard InChI is InChI=1S/C20H18O4S/c1-14-7-5-6-10-16(14)13-17-18(21)11-12-19(25(22,23)24)20(17)15-8-3-2-4-9-15/h2-12,21H,13H2,1H3,(H,22,23,24). The topological polar surface area (TPSA) is 74.6 Å². The Morgan fingerprint density at radius 3 is 2.16 bits per heavy atom. The van der Waals surface area contributed by atoms with E-state index >= 15 is 0 Å². The van der Waals surface area contributed by atoms with Gasteiger partial charge >= 0.3 is 0 Å². The SMILES string of the molecule is Cc1ccccc1Cc1c(O)ccc(S(=O)(=O)O)c1-c1ccccc1. The number of phenols is 1. The van der Waals surface area contributed by atoms with Crippen LogP contribution in [0.4, 0.5) is 0 Å². The van der Waals surface area contributed by atoms with Crippen LogP contribution < -0.4 is 0 Å². The van der Waals surface area contributed by atoms with Gasteiger partial charge in [0, 0.05) is 17.5 Å². The van der Waals surface area contributed by atoms with E-state index in [1.807, 2.05) is 37.3 Å². The second-order valence-electron chi connectivity index (χ2n) is 5.88. The summed E-state index contributed by atoms with van der Waals surface area (Å²) in [6.45, 7) is 1.96. The normalized spacial score (nSPS) is 11.4. The van der Waals surface area contributed by atoms with Crippen LogP contribution in [0.5, 0.6) is 5.75 Å². The van der Waals surface area contributed by atoms with Crippen LogP contribution in [0.1, 0.15) is 16.7 Å². The lowest BCUT2D eigenvalue weighted by atomic mass is 9.92. The zero-order valence-corrected chi connectivity index (χ0v) is 14.5. The molecule has 3 aromatic carbocycles. The van der Waals surface area contributed by atoms with Crippen LogP contribution in [0.25, 0.3) is 11.1 Å². The molecule has 0 unspecified atom stereocenters. The summed E-state index contributed by atoms with van der Waals surface area (Å²) in [6.07, 6.45) is 0.353. The lowest BCUT2D eigenvalue weighted by Crippen LogP contribution is -2.05. The molecule has 0 saturated carbocycles. The highest BCUT2D eigenvalue weighted by atomic mass is 32.2. The lowest BCUT2D eigenvalue weighted by molar-refractivity contribution is 0.467.